The Morgan fingerprint density at radius 2 is 1.55 bits per heavy atom. The Balaban J connectivity index is 3.37. The number of rotatable bonds is 10. The molecule has 110 valence electrons. The maximum atomic E-state index is 10.2. The predicted molar refractivity (Wildman–Crippen MR) is 84.2 cm³/mol. The summed E-state index contributed by atoms with van der Waals surface area (Å²) in [5.41, 5.74) is 0. The molecule has 0 unspecified atom stereocenters. The quantitative estimate of drug-likeness (QED) is 0.360. The SMILES string of the molecule is CCCCCCC#CC#CCCCCCC=CC(=O)O. The van der Waals surface area contributed by atoms with Crippen molar-refractivity contribution < 1.29 is 9.90 Å². The number of hydrogen-bond donors (Lipinski definition) is 1. The van der Waals surface area contributed by atoms with Gasteiger partial charge in [-0.3, -0.25) is 0 Å². The van der Waals surface area contributed by atoms with E-state index in [1.165, 1.54) is 31.8 Å². The Morgan fingerprint density at radius 1 is 0.950 bits per heavy atom. The predicted octanol–water partition coefficient (Wildman–Crippen LogP) is 4.55. The van der Waals surface area contributed by atoms with Crippen molar-refractivity contribution in [2.75, 3.05) is 0 Å². The minimum atomic E-state index is -0.871. The molecule has 0 saturated carbocycles. The number of carboxylic acids is 1. The van der Waals surface area contributed by atoms with Crippen LogP contribution < -0.4 is 0 Å². The Kier molecular flexibility index (Phi) is 14.1. The molecule has 0 aromatic rings. The molecule has 0 aromatic carbocycles. The van der Waals surface area contributed by atoms with Crippen molar-refractivity contribution in [1.29, 1.82) is 0 Å². The molecule has 0 saturated heterocycles. The summed E-state index contributed by atoms with van der Waals surface area (Å²) in [4.78, 5) is 10.2. The maximum Gasteiger partial charge on any atom is 0.327 e. The van der Waals surface area contributed by atoms with Gasteiger partial charge in [-0.25, -0.2) is 4.79 Å². The third-order valence-electron chi connectivity index (χ3n) is 2.83. The van der Waals surface area contributed by atoms with E-state index in [1.807, 2.05) is 0 Å². The highest BCUT2D eigenvalue weighted by Gasteiger charge is 1.87. The minimum absolute atomic E-state index is 0.831. The zero-order chi connectivity index (χ0) is 14.9. The number of allylic oxidation sites excluding steroid dienone is 1. The Hall–Kier alpha value is -1.67. The average Bonchev–Trinajstić information content (AvgIpc) is 2.43. The second kappa shape index (κ2) is 15.4. The molecule has 0 amide bonds. The molecular weight excluding hydrogens is 248 g/mol. The lowest BCUT2D eigenvalue weighted by Gasteiger charge is -1.92. The molecule has 0 aliphatic rings. The standard InChI is InChI=1S/C18H26O2/c1-2-3-4-5-6-7-8-9-10-11-12-13-14-15-16-17-18(19)20/h16-17H,2-6,11-15H2,1H3,(H,19,20). The summed E-state index contributed by atoms with van der Waals surface area (Å²) >= 11 is 0. The van der Waals surface area contributed by atoms with Gasteiger partial charge in [0.15, 0.2) is 0 Å². The molecule has 0 fully saturated rings. The van der Waals surface area contributed by atoms with E-state index in [0.717, 1.165) is 38.5 Å². The zero-order valence-electron chi connectivity index (χ0n) is 12.6. The van der Waals surface area contributed by atoms with Gasteiger partial charge in [0.25, 0.3) is 0 Å². The van der Waals surface area contributed by atoms with Crippen LogP contribution in [-0.4, -0.2) is 11.1 Å². The lowest BCUT2D eigenvalue weighted by molar-refractivity contribution is -0.131. The summed E-state index contributed by atoms with van der Waals surface area (Å²) in [6, 6.07) is 0. The van der Waals surface area contributed by atoms with Crippen LogP contribution in [0.5, 0.6) is 0 Å². The highest BCUT2D eigenvalue weighted by atomic mass is 16.4. The second-order valence-corrected chi connectivity index (χ2v) is 4.75. The molecule has 0 aliphatic carbocycles. The highest BCUT2D eigenvalue weighted by Crippen LogP contribution is 2.03. The molecule has 0 radical (unpaired) electrons. The molecular formula is C18H26O2. The smallest absolute Gasteiger partial charge is 0.327 e. The Labute approximate surface area is 123 Å². The van der Waals surface area contributed by atoms with Crippen LogP contribution in [0.3, 0.4) is 0 Å². The van der Waals surface area contributed by atoms with E-state index in [4.69, 9.17) is 5.11 Å². The van der Waals surface area contributed by atoms with E-state index < -0.39 is 5.97 Å². The molecule has 1 N–H and O–H groups in total. The number of unbranched alkanes of at least 4 members (excludes halogenated alkanes) is 8. The van der Waals surface area contributed by atoms with Crippen molar-refractivity contribution >= 4 is 5.97 Å². The van der Waals surface area contributed by atoms with Crippen LogP contribution in [0.15, 0.2) is 12.2 Å². The molecule has 0 spiro atoms. The van der Waals surface area contributed by atoms with Crippen LogP contribution in [0.4, 0.5) is 0 Å². The van der Waals surface area contributed by atoms with Gasteiger partial charge in [0, 0.05) is 18.9 Å². The van der Waals surface area contributed by atoms with Crippen LogP contribution >= 0.6 is 0 Å². The van der Waals surface area contributed by atoms with Gasteiger partial charge in [-0.15, -0.1) is 0 Å². The van der Waals surface area contributed by atoms with Gasteiger partial charge < -0.3 is 5.11 Å². The molecule has 0 atom stereocenters. The van der Waals surface area contributed by atoms with Crippen molar-refractivity contribution in [3.05, 3.63) is 12.2 Å². The Bertz CT molecular complexity index is 385. The van der Waals surface area contributed by atoms with Crippen molar-refractivity contribution in [2.24, 2.45) is 0 Å². The van der Waals surface area contributed by atoms with E-state index in [2.05, 4.69) is 30.6 Å². The fraction of sp³-hybridized carbons (Fsp3) is 0.611. The first kappa shape index (κ1) is 18.3. The third kappa shape index (κ3) is 16.3. The molecule has 0 aromatic heterocycles. The van der Waals surface area contributed by atoms with Crippen molar-refractivity contribution in [3.8, 4) is 23.7 Å². The van der Waals surface area contributed by atoms with Gasteiger partial charge in [-0.2, -0.15) is 0 Å². The lowest BCUT2D eigenvalue weighted by atomic mass is 10.1. The van der Waals surface area contributed by atoms with Gasteiger partial charge in [0.2, 0.25) is 0 Å². The number of aliphatic carboxylic acids is 1. The summed E-state index contributed by atoms with van der Waals surface area (Å²) in [6.45, 7) is 2.21. The first-order chi connectivity index (χ1) is 9.77. The second-order valence-electron chi connectivity index (χ2n) is 4.75. The topological polar surface area (TPSA) is 37.3 Å². The van der Waals surface area contributed by atoms with Gasteiger partial charge >= 0.3 is 5.97 Å². The van der Waals surface area contributed by atoms with Crippen molar-refractivity contribution in [2.45, 2.75) is 71.1 Å². The fourth-order valence-corrected chi connectivity index (χ4v) is 1.69. The Morgan fingerprint density at radius 3 is 2.10 bits per heavy atom. The van der Waals surface area contributed by atoms with Crippen molar-refractivity contribution in [1.82, 2.24) is 0 Å². The lowest BCUT2D eigenvalue weighted by Crippen LogP contribution is -1.85. The monoisotopic (exact) mass is 274 g/mol. The first-order valence-electron chi connectivity index (χ1n) is 7.62. The molecule has 0 aliphatic heterocycles. The van der Waals surface area contributed by atoms with Gasteiger partial charge in [0.1, 0.15) is 0 Å². The van der Waals surface area contributed by atoms with Gasteiger partial charge in [-0.05, 0) is 37.5 Å². The summed E-state index contributed by atoms with van der Waals surface area (Å²) in [6.07, 6.45) is 13.8. The molecule has 0 rings (SSSR count). The van der Waals surface area contributed by atoms with Crippen LogP contribution in [0.1, 0.15) is 71.1 Å². The number of hydrogen-bond acceptors (Lipinski definition) is 1. The summed E-state index contributed by atoms with van der Waals surface area (Å²) in [5.74, 6) is 11.1. The van der Waals surface area contributed by atoms with E-state index >= 15 is 0 Å². The minimum Gasteiger partial charge on any atom is -0.478 e. The van der Waals surface area contributed by atoms with Crippen LogP contribution in [0.25, 0.3) is 0 Å². The third-order valence-corrected chi connectivity index (χ3v) is 2.83. The molecule has 0 heterocycles. The van der Waals surface area contributed by atoms with Gasteiger partial charge in [-0.1, -0.05) is 50.5 Å². The highest BCUT2D eigenvalue weighted by molar-refractivity contribution is 5.79. The normalized spacial score (nSPS) is 9.65. The van der Waals surface area contributed by atoms with E-state index in [-0.39, 0.29) is 0 Å². The van der Waals surface area contributed by atoms with Crippen LogP contribution in [0.2, 0.25) is 0 Å². The molecule has 20 heavy (non-hydrogen) atoms. The largest absolute Gasteiger partial charge is 0.478 e. The molecule has 0 bridgehead atoms. The summed E-state index contributed by atoms with van der Waals surface area (Å²) in [5, 5.41) is 8.40. The number of carboxylic acid groups (broad SMARTS) is 1. The van der Waals surface area contributed by atoms with E-state index in [9.17, 15) is 4.79 Å². The molecule has 2 heteroatoms. The maximum absolute atomic E-state index is 10.2. The first-order valence-corrected chi connectivity index (χ1v) is 7.62. The van der Waals surface area contributed by atoms with E-state index in [1.54, 1.807) is 6.08 Å². The average molecular weight is 274 g/mol. The van der Waals surface area contributed by atoms with Crippen molar-refractivity contribution in [3.63, 3.8) is 0 Å². The van der Waals surface area contributed by atoms with E-state index in [0.29, 0.717) is 0 Å². The fourth-order valence-electron chi connectivity index (χ4n) is 1.69. The summed E-state index contributed by atoms with van der Waals surface area (Å²) < 4.78 is 0. The van der Waals surface area contributed by atoms with Gasteiger partial charge in [0.05, 0.1) is 0 Å². The zero-order valence-corrected chi connectivity index (χ0v) is 12.6. The summed E-state index contributed by atoms with van der Waals surface area (Å²) in [7, 11) is 0. The number of carbonyl (C=O) groups is 1. The van der Waals surface area contributed by atoms with Crippen LogP contribution in [0, 0.1) is 23.7 Å². The van der Waals surface area contributed by atoms with Crippen LogP contribution in [-0.2, 0) is 4.79 Å². The molecule has 2 nitrogen and oxygen atoms in total.